The molecule has 5 heterocycles. The summed E-state index contributed by atoms with van der Waals surface area (Å²) in [5.74, 6) is 1.81. The number of benzene rings is 6. The molecular formula is C43H25N4O3Pt-3. The number of hydrogen-bond acceptors (Lipinski definition) is 6. The van der Waals surface area contributed by atoms with Gasteiger partial charge >= 0.3 is 0 Å². The number of rotatable bonds is 4. The number of ether oxygens (including phenoxy) is 1. The topological polar surface area (TPSA) is 59.8 Å². The Hall–Kier alpha value is -6.04. The number of para-hydroxylation sites is 4. The van der Waals surface area contributed by atoms with E-state index in [2.05, 4.69) is 92.7 Å². The Kier molecular flexibility index (Phi) is 6.58. The minimum absolute atomic E-state index is 0. The fraction of sp³-hybridized carbons (Fsp3) is 0.0233. The molecule has 0 aliphatic carbocycles. The van der Waals surface area contributed by atoms with Gasteiger partial charge in [-0.1, -0.05) is 71.2 Å². The first-order chi connectivity index (χ1) is 24.7. The van der Waals surface area contributed by atoms with E-state index in [1.165, 1.54) is 0 Å². The maximum Gasteiger partial charge on any atom is 0.136 e. The van der Waals surface area contributed by atoms with Gasteiger partial charge in [-0.2, -0.15) is 12.7 Å². The Morgan fingerprint density at radius 1 is 0.667 bits per heavy atom. The molecule has 11 rings (SSSR count). The molecule has 0 saturated heterocycles. The van der Waals surface area contributed by atoms with Crippen LogP contribution in [0, 0.1) is 18.8 Å². The summed E-state index contributed by atoms with van der Waals surface area (Å²) >= 11 is 0. The van der Waals surface area contributed by atoms with Crippen molar-refractivity contribution in [3.05, 3.63) is 146 Å². The van der Waals surface area contributed by atoms with Crippen LogP contribution in [-0.2, 0) is 21.1 Å². The zero-order valence-electron chi connectivity index (χ0n) is 27.0. The molecule has 0 saturated carbocycles. The second-order valence-electron chi connectivity index (χ2n) is 12.6. The predicted octanol–water partition coefficient (Wildman–Crippen LogP) is 11.1. The molecule has 0 amide bonds. The molecule has 1 aliphatic rings. The number of hydrogen-bond donors (Lipinski definition) is 0. The second kappa shape index (κ2) is 11.2. The Labute approximate surface area is 306 Å². The molecule has 10 aromatic rings. The number of furan rings is 2. The average Bonchev–Trinajstić information content (AvgIpc) is 3.91. The summed E-state index contributed by atoms with van der Waals surface area (Å²) in [5.41, 5.74) is 7.87. The van der Waals surface area contributed by atoms with Gasteiger partial charge in [0.15, 0.2) is 0 Å². The maximum absolute atomic E-state index is 6.80. The number of nitrogens with zero attached hydrogens (tertiary/aromatic N) is 4. The van der Waals surface area contributed by atoms with E-state index in [0.717, 1.165) is 83.0 Å². The van der Waals surface area contributed by atoms with Crippen LogP contribution in [0.4, 0.5) is 17.1 Å². The molecule has 0 atom stereocenters. The van der Waals surface area contributed by atoms with Crippen LogP contribution in [0.25, 0.3) is 71.5 Å². The molecular weight excluding hydrogens is 816 g/mol. The largest absolute Gasteiger partial charge is 0.512 e. The summed E-state index contributed by atoms with van der Waals surface area (Å²) in [6.45, 7) is 2.07. The maximum atomic E-state index is 6.80. The van der Waals surface area contributed by atoms with Crippen molar-refractivity contribution < 1.29 is 34.6 Å². The van der Waals surface area contributed by atoms with Crippen LogP contribution in [0.1, 0.15) is 0 Å². The minimum Gasteiger partial charge on any atom is -0.512 e. The summed E-state index contributed by atoms with van der Waals surface area (Å²) in [5, 5.41) is 6.10. The van der Waals surface area contributed by atoms with Gasteiger partial charge in [-0.15, -0.1) is 29.7 Å². The van der Waals surface area contributed by atoms with Crippen LogP contribution >= 0.6 is 0 Å². The van der Waals surface area contributed by atoms with Gasteiger partial charge < -0.3 is 27.9 Å². The van der Waals surface area contributed by atoms with Crippen molar-refractivity contribution >= 4 is 82.7 Å². The Morgan fingerprint density at radius 2 is 1.41 bits per heavy atom. The van der Waals surface area contributed by atoms with E-state index in [1.54, 1.807) is 6.20 Å². The third-order valence-electron chi connectivity index (χ3n) is 9.68. The predicted molar refractivity (Wildman–Crippen MR) is 199 cm³/mol. The van der Waals surface area contributed by atoms with E-state index in [1.807, 2.05) is 73.8 Å². The first-order valence-electron chi connectivity index (χ1n) is 16.4. The van der Waals surface area contributed by atoms with Crippen molar-refractivity contribution in [1.29, 1.82) is 0 Å². The molecule has 7 nitrogen and oxygen atoms in total. The van der Waals surface area contributed by atoms with Gasteiger partial charge in [0.05, 0.1) is 11.3 Å². The first kappa shape index (κ1) is 29.8. The third kappa shape index (κ3) is 4.38. The van der Waals surface area contributed by atoms with Crippen LogP contribution in [-0.4, -0.2) is 16.6 Å². The third-order valence-corrected chi connectivity index (χ3v) is 9.68. The van der Waals surface area contributed by atoms with Gasteiger partial charge in [-0.05, 0) is 61.0 Å². The molecule has 6 aromatic carbocycles. The summed E-state index contributed by atoms with van der Waals surface area (Å²) in [4.78, 5) is 8.93. The molecule has 8 heteroatoms. The fourth-order valence-corrected chi connectivity index (χ4v) is 7.51. The first-order valence-corrected chi connectivity index (χ1v) is 16.4. The smallest absolute Gasteiger partial charge is 0.136 e. The van der Waals surface area contributed by atoms with Crippen molar-refractivity contribution in [2.24, 2.45) is 0 Å². The Balaban J connectivity index is 0.00000327. The van der Waals surface area contributed by atoms with Gasteiger partial charge in [0.2, 0.25) is 0 Å². The van der Waals surface area contributed by atoms with Crippen molar-refractivity contribution in [2.45, 2.75) is 0 Å². The molecule has 248 valence electrons. The van der Waals surface area contributed by atoms with Crippen LogP contribution in [0.2, 0.25) is 0 Å². The van der Waals surface area contributed by atoms with Gasteiger partial charge in [0.1, 0.15) is 22.6 Å². The van der Waals surface area contributed by atoms with Crippen molar-refractivity contribution in [3.63, 3.8) is 0 Å². The normalized spacial score (nSPS) is 12.9. The number of fused-ring (bicyclic) bond motifs is 11. The number of aromatic nitrogens is 2. The molecule has 0 bridgehead atoms. The van der Waals surface area contributed by atoms with Crippen LogP contribution < -0.4 is 14.5 Å². The van der Waals surface area contributed by atoms with Crippen LogP contribution in [0.5, 0.6) is 11.5 Å². The zero-order chi connectivity index (χ0) is 32.9. The SMILES string of the molecule is CN1[CH-]N(c2[c-]c(Oc3[c-]c4c(cc3)c3ccccc3n4-c3ccccn3)c3oc4ccc5oc6ccccc6c5c4c3c2)c2ccccc21.[Pt]. The van der Waals surface area contributed by atoms with Crippen molar-refractivity contribution in [3.8, 4) is 17.3 Å². The summed E-state index contributed by atoms with van der Waals surface area (Å²) in [7, 11) is 2.05. The number of anilines is 3. The summed E-state index contributed by atoms with van der Waals surface area (Å²) in [6.07, 6.45) is 1.81. The van der Waals surface area contributed by atoms with Gasteiger partial charge in [-0.3, -0.25) is 0 Å². The van der Waals surface area contributed by atoms with Gasteiger partial charge in [0, 0.05) is 66.1 Å². The molecule has 4 aromatic heterocycles. The van der Waals surface area contributed by atoms with E-state index in [9.17, 15) is 0 Å². The molecule has 51 heavy (non-hydrogen) atoms. The Morgan fingerprint density at radius 3 is 2.27 bits per heavy atom. The molecule has 1 aliphatic heterocycles. The molecule has 0 unspecified atom stereocenters. The van der Waals surface area contributed by atoms with Crippen LogP contribution in [0.15, 0.2) is 136 Å². The van der Waals surface area contributed by atoms with Gasteiger partial charge in [0.25, 0.3) is 0 Å². The molecule has 0 radical (unpaired) electrons. The minimum atomic E-state index is 0. The van der Waals surface area contributed by atoms with E-state index < -0.39 is 0 Å². The Bertz CT molecular complexity index is 2980. The average molecular weight is 841 g/mol. The van der Waals surface area contributed by atoms with E-state index in [4.69, 9.17) is 13.6 Å². The molecule has 0 N–H and O–H groups in total. The van der Waals surface area contributed by atoms with E-state index in [0.29, 0.717) is 17.1 Å². The summed E-state index contributed by atoms with van der Waals surface area (Å²) < 4.78 is 21.9. The van der Waals surface area contributed by atoms with Crippen molar-refractivity contribution in [1.82, 2.24) is 9.55 Å². The summed E-state index contributed by atoms with van der Waals surface area (Å²) in [6, 6.07) is 48.0. The number of pyridine rings is 1. The van der Waals surface area contributed by atoms with Gasteiger partial charge in [-0.25, -0.2) is 4.98 Å². The van der Waals surface area contributed by atoms with Crippen molar-refractivity contribution in [2.75, 3.05) is 16.8 Å². The molecule has 0 fully saturated rings. The monoisotopic (exact) mass is 840 g/mol. The van der Waals surface area contributed by atoms with E-state index in [-0.39, 0.29) is 21.1 Å². The standard InChI is InChI=1S/C43H25N4O3.Pt/c1-45-25-46(34-14-6-5-13-33(34)45)26-22-31-42-38(20-19-37-41(42)30-11-3-7-15-36(30)49-37)50-43(31)39(23-26)48-27-17-18-29-28-10-2-4-12-32(28)47(35(29)24-27)40-16-8-9-21-44-40;/h2-22,25H,1H3;/q-3;. The quantitative estimate of drug-likeness (QED) is 0.165. The zero-order valence-corrected chi connectivity index (χ0v) is 29.3. The van der Waals surface area contributed by atoms with E-state index >= 15 is 0 Å². The molecule has 0 spiro atoms. The fourth-order valence-electron chi connectivity index (χ4n) is 7.51. The second-order valence-corrected chi connectivity index (χ2v) is 12.6. The van der Waals surface area contributed by atoms with Crippen LogP contribution in [0.3, 0.4) is 0 Å².